The van der Waals surface area contributed by atoms with E-state index < -0.39 is 11.7 Å². The first kappa shape index (κ1) is 18.2. The van der Waals surface area contributed by atoms with Gasteiger partial charge in [0.1, 0.15) is 0 Å². The highest BCUT2D eigenvalue weighted by atomic mass is 32.2. The molecule has 0 bridgehead atoms. The number of hydrogen-bond acceptors (Lipinski definition) is 4. The Bertz CT molecular complexity index is 715. The SMILES string of the molecule is COC(=O)CCSc1cc(-c2ccc(C(F)(F)F)cc2)ccc1N. The fourth-order valence-corrected chi connectivity index (χ4v) is 2.97. The first-order valence-electron chi connectivity index (χ1n) is 7.08. The van der Waals surface area contributed by atoms with Gasteiger partial charge in [0, 0.05) is 16.3 Å². The summed E-state index contributed by atoms with van der Waals surface area (Å²) in [6.45, 7) is 0. The lowest BCUT2D eigenvalue weighted by Gasteiger charge is -2.10. The van der Waals surface area contributed by atoms with Crippen molar-refractivity contribution in [3.63, 3.8) is 0 Å². The van der Waals surface area contributed by atoms with E-state index in [4.69, 9.17) is 5.73 Å². The number of carbonyl (C=O) groups excluding carboxylic acids is 1. The summed E-state index contributed by atoms with van der Waals surface area (Å²) in [5, 5.41) is 0. The van der Waals surface area contributed by atoms with E-state index in [-0.39, 0.29) is 12.4 Å². The topological polar surface area (TPSA) is 52.3 Å². The lowest BCUT2D eigenvalue weighted by atomic mass is 10.0. The van der Waals surface area contributed by atoms with E-state index in [0.29, 0.717) is 17.0 Å². The van der Waals surface area contributed by atoms with E-state index in [0.717, 1.165) is 22.6 Å². The zero-order valence-electron chi connectivity index (χ0n) is 12.9. The van der Waals surface area contributed by atoms with Crippen molar-refractivity contribution in [3.8, 4) is 11.1 Å². The summed E-state index contributed by atoms with van der Waals surface area (Å²) >= 11 is 1.40. The maximum Gasteiger partial charge on any atom is 0.416 e. The van der Waals surface area contributed by atoms with Crippen LogP contribution in [0.3, 0.4) is 0 Å². The van der Waals surface area contributed by atoms with Crippen LogP contribution in [0, 0.1) is 0 Å². The fourth-order valence-electron chi connectivity index (χ4n) is 2.04. The van der Waals surface area contributed by atoms with Crippen LogP contribution < -0.4 is 5.73 Å². The number of benzene rings is 2. The zero-order chi connectivity index (χ0) is 17.7. The van der Waals surface area contributed by atoms with Gasteiger partial charge in [-0.2, -0.15) is 13.2 Å². The van der Waals surface area contributed by atoms with Crippen molar-refractivity contribution in [1.82, 2.24) is 0 Å². The molecule has 2 aromatic carbocycles. The summed E-state index contributed by atoms with van der Waals surface area (Å²) in [5.74, 6) is 0.202. The Labute approximate surface area is 142 Å². The Kier molecular flexibility index (Phi) is 5.77. The molecule has 0 unspecified atom stereocenters. The Hall–Kier alpha value is -2.15. The minimum atomic E-state index is -4.35. The highest BCUT2D eigenvalue weighted by Crippen LogP contribution is 2.33. The number of anilines is 1. The molecule has 0 heterocycles. The normalized spacial score (nSPS) is 11.3. The first-order chi connectivity index (χ1) is 11.3. The summed E-state index contributed by atoms with van der Waals surface area (Å²) in [6.07, 6.45) is -4.10. The van der Waals surface area contributed by atoms with Crippen LogP contribution in [0.4, 0.5) is 18.9 Å². The third kappa shape index (κ3) is 4.67. The number of thioether (sulfide) groups is 1. The molecule has 0 aromatic heterocycles. The average molecular weight is 355 g/mol. The van der Waals surface area contributed by atoms with E-state index in [9.17, 15) is 18.0 Å². The smallest absolute Gasteiger partial charge is 0.416 e. The lowest BCUT2D eigenvalue weighted by molar-refractivity contribution is -0.140. The van der Waals surface area contributed by atoms with Gasteiger partial charge in [-0.25, -0.2) is 0 Å². The van der Waals surface area contributed by atoms with Gasteiger partial charge in [0.2, 0.25) is 0 Å². The molecule has 0 radical (unpaired) electrons. The third-order valence-electron chi connectivity index (χ3n) is 3.35. The molecule has 0 fully saturated rings. The molecular formula is C17H16F3NO2S. The van der Waals surface area contributed by atoms with Gasteiger partial charge in [-0.3, -0.25) is 4.79 Å². The molecule has 0 aliphatic rings. The van der Waals surface area contributed by atoms with Crippen LogP contribution >= 0.6 is 11.8 Å². The molecule has 0 saturated heterocycles. The van der Waals surface area contributed by atoms with E-state index in [1.165, 1.54) is 31.0 Å². The number of nitrogen functional groups attached to an aromatic ring is 1. The zero-order valence-corrected chi connectivity index (χ0v) is 13.7. The predicted octanol–water partition coefficient (Wildman–Crippen LogP) is 4.61. The molecule has 0 spiro atoms. The maximum absolute atomic E-state index is 12.6. The number of carbonyl (C=O) groups is 1. The van der Waals surface area contributed by atoms with E-state index in [2.05, 4.69) is 4.74 Å². The van der Waals surface area contributed by atoms with Gasteiger partial charge in [0.15, 0.2) is 0 Å². The maximum atomic E-state index is 12.6. The number of rotatable bonds is 5. The van der Waals surface area contributed by atoms with Crippen molar-refractivity contribution >= 4 is 23.4 Å². The summed E-state index contributed by atoms with van der Waals surface area (Å²) in [5.41, 5.74) is 7.21. The van der Waals surface area contributed by atoms with Crippen LogP contribution in [0.2, 0.25) is 0 Å². The molecule has 0 atom stereocenters. The van der Waals surface area contributed by atoms with Gasteiger partial charge in [0.25, 0.3) is 0 Å². The van der Waals surface area contributed by atoms with Crippen LogP contribution in [0.5, 0.6) is 0 Å². The largest absolute Gasteiger partial charge is 0.469 e. The van der Waals surface area contributed by atoms with Crippen LogP contribution in [0.25, 0.3) is 11.1 Å². The molecule has 2 aromatic rings. The summed E-state index contributed by atoms with van der Waals surface area (Å²) in [6, 6.07) is 10.2. The van der Waals surface area contributed by atoms with Crippen molar-refractivity contribution < 1.29 is 22.7 Å². The Balaban J connectivity index is 2.16. The fraction of sp³-hybridized carbons (Fsp3) is 0.235. The molecule has 2 N–H and O–H groups in total. The van der Waals surface area contributed by atoms with Crippen molar-refractivity contribution in [2.75, 3.05) is 18.6 Å². The quantitative estimate of drug-likeness (QED) is 0.483. The number of ether oxygens (including phenoxy) is 1. The van der Waals surface area contributed by atoms with Gasteiger partial charge in [-0.1, -0.05) is 18.2 Å². The summed E-state index contributed by atoms with van der Waals surface area (Å²) < 4.78 is 42.4. The van der Waals surface area contributed by atoms with Crippen LogP contribution in [0.15, 0.2) is 47.4 Å². The van der Waals surface area contributed by atoms with Gasteiger partial charge in [-0.15, -0.1) is 11.8 Å². The highest BCUT2D eigenvalue weighted by Gasteiger charge is 2.29. The van der Waals surface area contributed by atoms with Crippen LogP contribution in [-0.2, 0) is 15.7 Å². The predicted molar refractivity (Wildman–Crippen MR) is 88.6 cm³/mol. The summed E-state index contributed by atoms with van der Waals surface area (Å²) in [7, 11) is 1.33. The Morgan fingerprint density at radius 1 is 1.12 bits per heavy atom. The van der Waals surface area contributed by atoms with Crippen molar-refractivity contribution in [2.45, 2.75) is 17.5 Å². The van der Waals surface area contributed by atoms with Crippen LogP contribution in [0.1, 0.15) is 12.0 Å². The first-order valence-corrected chi connectivity index (χ1v) is 8.06. The number of methoxy groups -OCH3 is 1. The second-order valence-electron chi connectivity index (χ2n) is 5.00. The Morgan fingerprint density at radius 3 is 2.33 bits per heavy atom. The van der Waals surface area contributed by atoms with Crippen molar-refractivity contribution in [3.05, 3.63) is 48.0 Å². The molecule has 7 heteroatoms. The number of alkyl halides is 3. The van der Waals surface area contributed by atoms with Crippen molar-refractivity contribution in [1.29, 1.82) is 0 Å². The lowest BCUT2D eigenvalue weighted by Crippen LogP contribution is -2.04. The molecule has 2 rings (SSSR count). The van der Waals surface area contributed by atoms with Gasteiger partial charge in [0.05, 0.1) is 19.1 Å². The van der Waals surface area contributed by atoms with Crippen molar-refractivity contribution in [2.24, 2.45) is 0 Å². The monoisotopic (exact) mass is 355 g/mol. The molecule has 0 saturated carbocycles. The number of esters is 1. The molecule has 0 aliphatic heterocycles. The van der Waals surface area contributed by atoms with Crippen LogP contribution in [-0.4, -0.2) is 18.8 Å². The van der Waals surface area contributed by atoms with Gasteiger partial charge in [-0.05, 0) is 35.4 Å². The molecule has 3 nitrogen and oxygen atoms in total. The second kappa shape index (κ2) is 7.61. The van der Waals surface area contributed by atoms with Gasteiger partial charge < -0.3 is 10.5 Å². The second-order valence-corrected chi connectivity index (χ2v) is 6.14. The van der Waals surface area contributed by atoms with Gasteiger partial charge >= 0.3 is 12.1 Å². The number of halogens is 3. The van der Waals surface area contributed by atoms with E-state index in [1.807, 2.05) is 0 Å². The third-order valence-corrected chi connectivity index (χ3v) is 4.42. The highest BCUT2D eigenvalue weighted by molar-refractivity contribution is 7.99. The Morgan fingerprint density at radius 2 is 1.75 bits per heavy atom. The van der Waals surface area contributed by atoms with E-state index >= 15 is 0 Å². The van der Waals surface area contributed by atoms with E-state index in [1.54, 1.807) is 18.2 Å². The molecule has 0 aliphatic carbocycles. The number of hydrogen-bond donors (Lipinski definition) is 1. The molecular weight excluding hydrogens is 339 g/mol. The minimum Gasteiger partial charge on any atom is -0.469 e. The molecule has 24 heavy (non-hydrogen) atoms. The standard InChI is InChI=1S/C17H16F3NO2S/c1-23-16(22)8-9-24-15-10-12(4-7-14(15)21)11-2-5-13(6-3-11)17(18,19)20/h2-7,10H,8-9,21H2,1H3. The number of nitrogens with two attached hydrogens (primary N) is 1. The summed E-state index contributed by atoms with van der Waals surface area (Å²) in [4.78, 5) is 11.9. The average Bonchev–Trinajstić information content (AvgIpc) is 2.55. The molecule has 0 amide bonds. The minimum absolute atomic E-state index is 0.255. The molecule has 128 valence electrons.